The number of nitrogens with zero attached hydrogens (tertiary/aromatic N) is 4. The summed E-state index contributed by atoms with van der Waals surface area (Å²) in [4.78, 5) is 11.6. The molecule has 1 atom stereocenters. The number of nitrogens with one attached hydrogen (secondary N) is 1. The van der Waals surface area contributed by atoms with Gasteiger partial charge in [0.25, 0.3) is 0 Å². The van der Waals surface area contributed by atoms with Gasteiger partial charge in [0.05, 0.1) is 11.6 Å². The summed E-state index contributed by atoms with van der Waals surface area (Å²) in [7, 11) is 0. The van der Waals surface area contributed by atoms with Gasteiger partial charge in [-0.3, -0.25) is 0 Å². The molecule has 5 N–H and O–H groups in total. The van der Waals surface area contributed by atoms with Crippen LogP contribution in [0.15, 0.2) is 24.3 Å². The Kier molecular flexibility index (Phi) is 9.96. The van der Waals surface area contributed by atoms with E-state index in [-0.39, 0.29) is 30.9 Å². The van der Waals surface area contributed by atoms with Crippen molar-refractivity contribution in [2.75, 3.05) is 29.0 Å². The molecule has 9 heteroatoms. The summed E-state index contributed by atoms with van der Waals surface area (Å²) in [5, 5.41) is 12.4. The van der Waals surface area contributed by atoms with E-state index in [0.717, 1.165) is 56.7 Å². The van der Waals surface area contributed by atoms with Crippen LogP contribution in [0, 0.1) is 11.3 Å². The summed E-state index contributed by atoms with van der Waals surface area (Å²) < 4.78 is 0. The summed E-state index contributed by atoms with van der Waals surface area (Å²) in [6.45, 7) is 3.93. The Morgan fingerprint density at radius 1 is 1.24 bits per heavy atom. The van der Waals surface area contributed by atoms with Crippen molar-refractivity contribution in [3.8, 4) is 6.07 Å². The van der Waals surface area contributed by atoms with Crippen LogP contribution < -0.4 is 21.7 Å². The Hall–Kier alpha value is -2.27. The van der Waals surface area contributed by atoms with E-state index < -0.39 is 0 Å². The molecule has 0 bridgehead atoms. The molecule has 3 rings (SSSR count). The average Bonchev–Trinajstić information content (AvgIpc) is 2.65. The normalized spacial score (nSPS) is 15.6. The van der Waals surface area contributed by atoms with Crippen molar-refractivity contribution >= 4 is 48.0 Å². The molecule has 158 valence electrons. The number of halogens is 2. The molecular formula is C20H29Cl2N7. The van der Waals surface area contributed by atoms with Gasteiger partial charge in [0.2, 0.25) is 5.95 Å². The van der Waals surface area contributed by atoms with Crippen LogP contribution in [0.5, 0.6) is 0 Å². The largest absolute Gasteiger partial charge is 0.399 e. The van der Waals surface area contributed by atoms with E-state index in [9.17, 15) is 0 Å². The monoisotopic (exact) mass is 437 g/mol. The number of hydrogen-bond donors (Lipinski definition) is 3. The molecule has 7 nitrogen and oxygen atoms in total. The molecule has 1 aromatic heterocycles. The molecule has 0 radical (unpaired) electrons. The van der Waals surface area contributed by atoms with E-state index in [1.807, 2.05) is 0 Å². The van der Waals surface area contributed by atoms with E-state index in [1.54, 1.807) is 18.2 Å². The van der Waals surface area contributed by atoms with Crippen molar-refractivity contribution < 1.29 is 0 Å². The van der Waals surface area contributed by atoms with Gasteiger partial charge in [-0.1, -0.05) is 13.3 Å². The van der Waals surface area contributed by atoms with Crippen LogP contribution in [-0.2, 0) is 6.42 Å². The molecule has 2 heterocycles. The number of aromatic nitrogens is 2. The summed E-state index contributed by atoms with van der Waals surface area (Å²) in [5.41, 5.74) is 14.8. The van der Waals surface area contributed by atoms with Crippen LogP contribution in [0.3, 0.4) is 0 Å². The number of piperidine rings is 1. The SMILES string of the molecule is CCCCc1cc(N2CCC[C@@H](N)C2)nc(Nc2cc(N)cc(C#N)c2)n1.Cl.Cl. The fourth-order valence-electron chi connectivity index (χ4n) is 3.32. The first-order valence-electron chi connectivity index (χ1n) is 9.53. The van der Waals surface area contributed by atoms with Gasteiger partial charge in [-0.05, 0) is 43.9 Å². The predicted molar refractivity (Wildman–Crippen MR) is 123 cm³/mol. The first kappa shape index (κ1) is 24.8. The van der Waals surface area contributed by atoms with Gasteiger partial charge < -0.3 is 21.7 Å². The summed E-state index contributed by atoms with van der Waals surface area (Å²) in [6.07, 6.45) is 5.21. The number of benzene rings is 1. The Morgan fingerprint density at radius 2 is 2.03 bits per heavy atom. The quantitative estimate of drug-likeness (QED) is 0.588. The average molecular weight is 438 g/mol. The van der Waals surface area contributed by atoms with Gasteiger partial charge in [0, 0.05) is 42.3 Å². The second-order valence-electron chi connectivity index (χ2n) is 7.07. The third-order valence-corrected chi connectivity index (χ3v) is 4.67. The molecule has 0 unspecified atom stereocenters. The third-order valence-electron chi connectivity index (χ3n) is 4.67. The lowest BCUT2D eigenvalue weighted by molar-refractivity contribution is 0.503. The van der Waals surface area contributed by atoms with Crippen molar-refractivity contribution in [1.29, 1.82) is 5.26 Å². The van der Waals surface area contributed by atoms with Crippen LogP contribution >= 0.6 is 24.8 Å². The number of anilines is 4. The third kappa shape index (κ3) is 6.93. The van der Waals surface area contributed by atoms with Crippen molar-refractivity contribution in [2.45, 2.75) is 45.1 Å². The Labute approximate surface area is 184 Å². The highest BCUT2D eigenvalue weighted by molar-refractivity contribution is 5.85. The maximum atomic E-state index is 9.15. The molecule has 1 aliphatic heterocycles. The fraction of sp³-hybridized carbons (Fsp3) is 0.450. The van der Waals surface area contributed by atoms with Crippen molar-refractivity contribution in [1.82, 2.24) is 9.97 Å². The van der Waals surface area contributed by atoms with E-state index in [2.05, 4.69) is 34.3 Å². The van der Waals surface area contributed by atoms with Gasteiger partial charge in [-0.2, -0.15) is 10.2 Å². The topological polar surface area (TPSA) is 117 Å². The molecule has 0 aliphatic carbocycles. The maximum absolute atomic E-state index is 9.15. The summed E-state index contributed by atoms with van der Waals surface area (Å²) in [5.74, 6) is 1.42. The molecular weight excluding hydrogens is 409 g/mol. The molecule has 1 saturated heterocycles. The number of hydrogen-bond acceptors (Lipinski definition) is 7. The van der Waals surface area contributed by atoms with Gasteiger partial charge in [-0.15, -0.1) is 24.8 Å². The Balaban J connectivity index is 0.00000210. The van der Waals surface area contributed by atoms with Crippen LogP contribution in [0.4, 0.5) is 23.1 Å². The van der Waals surface area contributed by atoms with E-state index in [1.165, 1.54) is 0 Å². The zero-order valence-electron chi connectivity index (χ0n) is 16.6. The summed E-state index contributed by atoms with van der Waals surface area (Å²) >= 11 is 0. The number of nitrogens with two attached hydrogens (primary N) is 2. The Morgan fingerprint density at radius 3 is 2.72 bits per heavy atom. The lowest BCUT2D eigenvalue weighted by atomic mass is 10.1. The van der Waals surface area contributed by atoms with Crippen molar-refractivity contribution in [3.63, 3.8) is 0 Å². The highest BCUT2D eigenvalue weighted by Crippen LogP contribution is 2.24. The second-order valence-corrected chi connectivity index (χ2v) is 7.07. The molecule has 1 fully saturated rings. The zero-order chi connectivity index (χ0) is 19.2. The zero-order valence-corrected chi connectivity index (χ0v) is 18.2. The van der Waals surface area contributed by atoms with Crippen LogP contribution in [0.1, 0.15) is 43.9 Å². The molecule has 2 aromatic rings. The minimum Gasteiger partial charge on any atom is -0.399 e. The van der Waals surface area contributed by atoms with Gasteiger partial charge in [-0.25, -0.2) is 4.98 Å². The van der Waals surface area contributed by atoms with Gasteiger partial charge in [0.15, 0.2) is 0 Å². The first-order valence-corrected chi connectivity index (χ1v) is 9.53. The fourth-order valence-corrected chi connectivity index (χ4v) is 3.32. The number of rotatable bonds is 6. The highest BCUT2D eigenvalue weighted by atomic mass is 35.5. The molecule has 29 heavy (non-hydrogen) atoms. The number of nitriles is 1. The molecule has 1 aliphatic rings. The number of nitrogen functional groups attached to an aromatic ring is 1. The Bertz CT molecular complexity index is 838. The first-order chi connectivity index (χ1) is 13.1. The van der Waals surface area contributed by atoms with Gasteiger partial charge >= 0.3 is 0 Å². The standard InChI is InChI=1S/C20H27N7.2ClH/c1-2-3-6-17-11-19(27-7-4-5-15(22)13-27)26-20(24-17)25-18-9-14(12-21)8-16(23)10-18;;/h8-11,15H,2-7,13,22-23H2,1H3,(H,24,25,26);2*1H/t15-;;/m1../s1. The predicted octanol–water partition coefficient (Wildman–Crippen LogP) is 3.79. The second kappa shape index (κ2) is 11.7. The van der Waals surface area contributed by atoms with Crippen molar-refractivity contribution in [2.24, 2.45) is 5.73 Å². The van der Waals surface area contributed by atoms with Crippen LogP contribution in [0.25, 0.3) is 0 Å². The van der Waals surface area contributed by atoms with E-state index in [0.29, 0.717) is 22.9 Å². The van der Waals surface area contributed by atoms with E-state index in [4.69, 9.17) is 21.7 Å². The lowest BCUT2D eigenvalue weighted by Crippen LogP contribution is -2.43. The lowest BCUT2D eigenvalue weighted by Gasteiger charge is -2.32. The highest BCUT2D eigenvalue weighted by Gasteiger charge is 2.19. The molecule has 0 saturated carbocycles. The molecule has 0 amide bonds. The number of aryl methyl sites for hydroxylation is 1. The van der Waals surface area contributed by atoms with Gasteiger partial charge in [0.1, 0.15) is 5.82 Å². The van der Waals surface area contributed by atoms with Crippen molar-refractivity contribution in [3.05, 3.63) is 35.5 Å². The van der Waals surface area contributed by atoms with Crippen LogP contribution in [0.2, 0.25) is 0 Å². The van der Waals surface area contributed by atoms with Crippen LogP contribution in [-0.4, -0.2) is 29.1 Å². The number of unbranched alkanes of at least 4 members (excludes halogenated alkanes) is 1. The summed E-state index contributed by atoms with van der Waals surface area (Å²) in [6, 6.07) is 9.53. The smallest absolute Gasteiger partial charge is 0.229 e. The molecule has 1 aromatic carbocycles. The maximum Gasteiger partial charge on any atom is 0.229 e. The minimum absolute atomic E-state index is 0. The van der Waals surface area contributed by atoms with E-state index >= 15 is 0 Å². The molecule has 0 spiro atoms. The minimum atomic E-state index is 0.